The fourth-order valence-corrected chi connectivity index (χ4v) is 7.69. The second kappa shape index (κ2) is 13.1. The summed E-state index contributed by atoms with van der Waals surface area (Å²) in [6.07, 6.45) is 3.26. The summed E-state index contributed by atoms with van der Waals surface area (Å²) >= 11 is 0. The lowest BCUT2D eigenvalue weighted by atomic mass is 9.69. The Hall–Kier alpha value is -5.33. The summed E-state index contributed by atoms with van der Waals surface area (Å²) in [5.74, 6) is -1.42. The molecule has 48 heavy (non-hydrogen) atoms. The number of aliphatic carboxylic acids is 1. The van der Waals surface area contributed by atoms with Gasteiger partial charge in [0.1, 0.15) is 0 Å². The number of amides is 1. The highest BCUT2D eigenvalue weighted by molar-refractivity contribution is 6.09. The smallest absolute Gasteiger partial charge is 0.303 e. The van der Waals surface area contributed by atoms with Gasteiger partial charge in [0.25, 0.3) is 5.91 Å². The molecule has 0 aliphatic heterocycles. The van der Waals surface area contributed by atoms with Gasteiger partial charge in [0.05, 0.1) is 12.3 Å². The van der Waals surface area contributed by atoms with Crippen molar-refractivity contribution in [3.8, 4) is 22.3 Å². The molecule has 240 valence electrons. The van der Waals surface area contributed by atoms with Crippen LogP contribution in [0.1, 0.15) is 85.2 Å². The maximum atomic E-state index is 14.5. The Balaban J connectivity index is 1.19. The van der Waals surface area contributed by atoms with E-state index in [4.69, 9.17) is 5.73 Å². The van der Waals surface area contributed by atoms with Crippen LogP contribution in [0.2, 0.25) is 0 Å². The van der Waals surface area contributed by atoms with Crippen molar-refractivity contribution < 1.29 is 19.5 Å². The number of ketones is 1. The number of hydrogen-bond acceptors (Lipinski definition) is 4. The zero-order chi connectivity index (χ0) is 33.4. The van der Waals surface area contributed by atoms with Crippen LogP contribution >= 0.6 is 0 Å². The molecule has 4 N–H and O–H groups in total. The maximum Gasteiger partial charge on any atom is 0.303 e. The molecule has 6 nitrogen and oxygen atoms in total. The van der Waals surface area contributed by atoms with Crippen molar-refractivity contribution in [2.75, 3.05) is 5.32 Å². The fourth-order valence-electron chi connectivity index (χ4n) is 7.69. The lowest BCUT2D eigenvalue weighted by molar-refractivity contribution is -0.137. The van der Waals surface area contributed by atoms with Crippen LogP contribution in [0.4, 0.5) is 5.69 Å². The lowest BCUT2D eigenvalue weighted by Crippen LogP contribution is -2.25. The van der Waals surface area contributed by atoms with Gasteiger partial charge >= 0.3 is 5.97 Å². The highest BCUT2D eigenvalue weighted by Gasteiger charge is 2.35. The number of nitrogens with one attached hydrogen (secondary N) is 1. The van der Waals surface area contributed by atoms with Crippen LogP contribution in [0.5, 0.6) is 0 Å². The Morgan fingerprint density at radius 3 is 2.35 bits per heavy atom. The Kier molecular flexibility index (Phi) is 8.50. The zero-order valence-corrected chi connectivity index (χ0v) is 27.0. The van der Waals surface area contributed by atoms with E-state index in [-0.39, 0.29) is 29.9 Å². The van der Waals surface area contributed by atoms with Gasteiger partial charge in [-0.05, 0) is 118 Å². The minimum absolute atomic E-state index is 0.0340. The first-order chi connectivity index (χ1) is 23.3. The number of carbonyl (C=O) groups is 3. The molecule has 2 aliphatic carbocycles. The van der Waals surface area contributed by atoms with E-state index in [0.29, 0.717) is 29.8 Å². The molecule has 2 aliphatic rings. The van der Waals surface area contributed by atoms with Crippen molar-refractivity contribution in [3.05, 3.63) is 148 Å². The summed E-state index contributed by atoms with van der Waals surface area (Å²) in [5, 5.41) is 12.7. The Morgan fingerprint density at radius 1 is 0.854 bits per heavy atom. The topological polar surface area (TPSA) is 109 Å². The van der Waals surface area contributed by atoms with Crippen LogP contribution in [0, 0.1) is 6.92 Å². The van der Waals surface area contributed by atoms with Crippen molar-refractivity contribution >= 4 is 23.3 Å². The van der Waals surface area contributed by atoms with E-state index in [9.17, 15) is 19.5 Å². The molecule has 6 heteroatoms. The van der Waals surface area contributed by atoms with Crippen LogP contribution < -0.4 is 11.1 Å². The standard InChI is InChI=1S/C42H38N2O4/c1-25-21-30(17-20-38(25)44-42(48)36-11-5-4-9-31(36)27-15-13-26(24-43)14-16-27)41(47)37-22-28-7-2-3-10-32(28)35-19-18-33-29(23-39(45)46)8-6-12-34(33)40(35)37/h2-5,7,9-11,13-21,29,37H,6,8,12,22-24,43H2,1H3,(H,44,48)(H,45,46). The second-order valence-electron chi connectivity index (χ2n) is 13.0. The molecule has 0 heterocycles. The van der Waals surface area contributed by atoms with Crippen molar-refractivity contribution in [2.24, 2.45) is 5.73 Å². The van der Waals surface area contributed by atoms with Crippen molar-refractivity contribution in [1.82, 2.24) is 0 Å². The zero-order valence-electron chi connectivity index (χ0n) is 27.0. The lowest BCUT2D eigenvalue weighted by Gasteiger charge is -2.34. The largest absolute Gasteiger partial charge is 0.481 e. The molecule has 0 aromatic heterocycles. The first-order valence-corrected chi connectivity index (χ1v) is 16.6. The monoisotopic (exact) mass is 634 g/mol. The van der Waals surface area contributed by atoms with Crippen molar-refractivity contribution in [2.45, 2.75) is 57.4 Å². The molecule has 0 spiro atoms. The van der Waals surface area contributed by atoms with Gasteiger partial charge in [-0.25, -0.2) is 0 Å². The van der Waals surface area contributed by atoms with Gasteiger partial charge in [-0.3, -0.25) is 14.4 Å². The molecule has 7 rings (SSSR count). The Bertz CT molecular complexity index is 2060. The van der Waals surface area contributed by atoms with E-state index in [1.165, 1.54) is 0 Å². The van der Waals surface area contributed by atoms with Gasteiger partial charge < -0.3 is 16.2 Å². The van der Waals surface area contributed by atoms with Crippen molar-refractivity contribution in [1.29, 1.82) is 0 Å². The van der Waals surface area contributed by atoms with Crippen LogP contribution in [0.3, 0.4) is 0 Å². The van der Waals surface area contributed by atoms with E-state index >= 15 is 0 Å². The van der Waals surface area contributed by atoms with E-state index in [1.807, 2.05) is 85.8 Å². The number of Topliss-reactive ketones (excluding diaryl/α,β-unsaturated/α-hetero) is 1. The normalized spacial score (nSPS) is 16.3. The molecule has 5 aromatic rings. The summed E-state index contributed by atoms with van der Waals surface area (Å²) in [5.41, 5.74) is 17.8. The van der Waals surface area contributed by atoms with Crippen molar-refractivity contribution in [3.63, 3.8) is 0 Å². The molecular weight excluding hydrogens is 596 g/mol. The number of aryl methyl sites for hydroxylation is 1. The summed E-state index contributed by atoms with van der Waals surface area (Å²) in [6, 6.07) is 33.4. The highest BCUT2D eigenvalue weighted by atomic mass is 16.4. The number of fused-ring (bicyclic) bond motifs is 5. The Labute approximate surface area is 280 Å². The molecular formula is C42H38N2O4. The average molecular weight is 635 g/mol. The van der Waals surface area contributed by atoms with E-state index < -0.39 is 5.97 Å². The van der Waals surface area contributed by atoms with Gasteiger partial charge in [0.2, 0.25) is 0 Å². The summed E-state index contributed by atoms with van der Waals surface area (Å²) in [7, 11) is 0. The van der Waals surface area contributed by atoms with Gasteiger partial charge in [-0.15, -0.1) is 0 Å². The summed E-state index contributed by atoms with van der Waals surface area (Å²) in [4.78, 5) is 39.8. The second-order valence-corrected chi connectivity index (χ2v) is 13.0. The van der Waals surface area contributed by atoms with E-state index in [0.717, 1.165) is 74.9 Å². The molecule has 2 atom stereocenters. The Morgan fingerprint density at radius 2 is 1.60 bits per heavy atom. The molecule has 2 unspecified atom stereocenters. The third-order valence-corrected chi connectivity index (χ3v) is 10.1. The minimum Gasteiger partial charge on any atom is -0.481 e. The highest BCUT2D eigenvalue weighted by Crippen LogP contribution is 2.47. The third-order valence-electron chi connectivity index (χ3n) is 10.1. The minimum atomic E-state index is -0.796. The van der Waals surface area contributed by atoms with Crippen LogP contribution in [0.15, 0.2) is 103 Å². The van der Waals surface area contributed by atoms with Gasteiger partial charge in [0, 0.05) is 23.4 Å². The predicted molar refractivity (Wildman–Crippen MR) is 189 cm³/mol. The number of nitrogens with two attached hydrogens (primary N) is 1. The van der Waals surface area contributed by atoms with E-state index in [1.54, 1.807) is 0 Å². The number of carbonyl (C=O) groups excluding carboxylic acids is 2. The van der Waals surface area contributed by atoms with E-state index in [2.05, 4.69) is 29.6 Å². The number of anilines is 1. The average Bonchev–Trinajstić information content (AvgIpc) is 3.11. The van der Waals surface area contributed by atoms with Crippen LogP contribution in [0.25, 0.3) is 22.3 Å². The first kappa shape index (κ1) is 31.3. The number of benzene rings is 5. The first-order valence-electron chi connectivity index (χ1n) is 16.6. The maximum absolute atomic E-state index is 14.5. The quantitative estimate of drug-likeness (QED) is 0.148. The molecule has 0 radical (unpaired) electrons. The molecule has 0 saturated carbocycles. The molecule has 1 amide bonds. The van der Waals surface area contributed by atoms with Crippen LogP contribution in [-0.2, 0) is 24.2 Å². The van der Waals surface area contributed by atoms with Crippen LogP contribution in [-0.4, -0.2) is 22.8 Å². The van der Waals surface area contributed by atoms with Gasteiger partial charge in [-0.2, -0.15) is 0 Å². The number of carboxylic acid groups (broad SMARTS) is 1. The SMILES string of the molecule is Cc1cc(C(=O)C2Cc3ccccc3-c3ccc4c(c32)CCCC4CC(=O)O)ccc1NC(=O)c1ccccc1-c1ccc(CN)cc1. The third kappa shape index (κ3) is 5.84. The molecule has 0 fully saturated rings. The van der Waals surface area contributed by atoms with Gasteiger partial charge in [-0.1, -0.05) is 78.9 Å². The number of hydrogen-bond donors (Lipinski definition) is 3. The molecule has 0 bridgehead atoms. The molecule has 0 saturated heterocycles. The summed E-state index contributed by atoms with van der Waals surface area (Å²) in [6.45, 7) is 2.36. The van der Waals surface area contributed by atoms with Gasteiger partial charge in [0.15, 0.2) is 5.78 Å². The number of carboxylic acids is 1. The predicted octanol–water partition coefficient (Wildman–Crippen LogP) is 8.46. The molecule has 5 aromatic carbocycles. The summed E-state index contributed by atoms with van der Waals surface area (Å²) < 4.78 is 0. The fraction of sp³-hybridized carbons (Fsp3) is 0.214. The number of rotatable bonds is 8.